The summed E-state index contributed by atoms with van der Waals surface area (Å²) >= 11 is 3.24. The second kappa shape index (κ2) is 5.06. The average molecular weight is 320 g/mol. The van der Waals surface area contributed by atoms with Gasteiger partial charge >= 0.3 is 6.18 Å². The third kappa shape index (κ3) is 2.87. The predicted molar refractivity (Wildman–Crippen MR) is 65.2 cm³/mol. The Morgan fingerprint density at radius 2 is 1.89 bits per heavy atom. The molecule has 0 aliphatic rings. The zero-order valence-electron chi connectivity index (χ0n) is 9.09. The molecule has 0 saturated carbocycles. The van der Waals surface area contributed by atoms with Crippen LogP contribution >= 0.6 is 15.9 Å². The SMILES string of the molecule is FC(F)(F)c1ccccc1NCc1occc1Br. The molecule has 0 fully saturated rings. The van der Waals surface area contributed by atoms with Crippen molar-refractivity contribution >= 4 is 21.6 Å². The summed E-state index contributed by atoms with van der Waals surface area (Å²) in [5.41, 5.74) is -0.652. The van der Waals surface area contributed by atoms with E-state index in [9.17, 15) is 13.2 Å². The van der Waals surface area contributed by atoms with E-state index in [1.54, 1.807) is 12.1 Å². The maximum absolute atomic E-state index is 12.7. The first-order valence-electron chi connectivity index (χ1n) is 5.10. The lowest BCUT2D eigenvalue weighted by Crippen LogP contribution is -2.10. The summed E-state index contributed by atoms with van der Waals surface area (Å²) in [5, 5.41) is 2.72. The summed E-state index contributed by atoms with van der Waals surface area (Å²) in [6, 6.07) is 7.03. The van der Waals surface area contributed by atoms with Crippen LogP contribution in [0.2, 0.25) is 0 Å². The molecule has 18 heavy (non-hydrogen) atoms. The summed E-state index contributed by atoms with van der Waals surface area (Å²) in [6.45, 7) is 0.181. The van der Waals surface area contributed by atoms with E-state index in [0.717, 1.165) is 10.5 Å². The van der Waals surface area contributed by atoms with Gasteiger partial charge in [0.2, 0.25) is 0 Å². The Hall–Kier alpha value is -1.43. The smallest absolute Gasteiger partial charge is 0.418 e. The van der Waals surface area contributed by atoms with Gasteiger partial charge in [0.15, 0.2) is 0 Å². The van der Waals surface area contributed by atoms with E-state index >= 15 is 0 Å². The molecule has 0 amide bonds. The molecule has 2 aromatic rings. The lowest BCUT2D eigenvalue weighted by molar-refractivity contribution is -0.137. The van der Waals surface area contributed by atoms with Crippen LogP contribution in [0.4, 0.5) is 18.9 Å². The van der Waals surface area contributed by atoms with Gasteiger partial charge in [0.05, 0.1) is 22.8 Å². The highest BCUT2D eigenvalue weighted by atomic mass is 79.9. The van der Waals surface area contributed by atoms with Crippen molar-refractivity contribution < 1.29 is 17.6 Å². The van der Waals surface area contributed by atoms with E-state index in [0.29, 0.717) is 5.76 Å². The molecule has 0 radical (unpaired) electrons. The van der Waals surface area contributed by atoms with Crippen LogP contribution in [0.5, 0.6) is 0 Å². The average Bonchev–Trinajstić information content (AvgIpc) is 2.71. The molecule has 0 aliphatic heterocycles. The Morgan fingerprint density at radius 1 is 1.17 bits per heavy atom. The number of benzene rings is 1. The molecule has 0 saturated heterocycles. The van der Waals surface area contributed by atoms with Crippen molar-refractivity contribution in [2.45, 2.75) is 12.7 Å². The zero-order chi connectivity index (χ0) is 13.2. The quantitative estimate of drug-likeness (QED) is 0.889. The number of anilines is 1. The van der Waals surface area contributed by atoms with E-state index in [1.165, 1.54) is 18.4 Å². The minimum atomic E-state index is -4.37. The Morgan fingerprint density at radius 3 is 2.50 bits per heavy atom. The summed E-state index contributed by atoms with van der Waals surface area (Å²) < 4.78 is 44.0. The zero-order valence-corrected chi connectivity index (χ0v) is 10.7. The van der Waals surface area contributed by atoms with Crippen LogP contribution in [-0.4, -0.2) is 0 Å². The van der Waals surface area contributed by atoms with Crippen LogP contribution in [-0.2, 0) is 12.7 Å². The van der Waals surface area contributed by atoms with Crippen LogP contribution in [0.25, 0.3) is 0 Å². The number of hydrogen-bond acceptors (Lipinski definition) is 2. The molecule has 0 bridgehead atoms. The summed E-state index contributed by atoms with van der Waals surface area (Å²) in [6.07, 6.45) is -2.90. The van der Waals surface area contributed by atoms with Crippen LogP contribution in [0.15, 0.2) is 45.5 Å². The van der Waals surface area contributed by atoms with Gasteiger partial charge in [-0.1, -0.05) is 12.1 Å². The van der Waals surface area contributed by atoms with Crippen LogP contribution < -0.4 is 5.32 Å². The molecule has 0 spiro atoms. The van der Waals surface area contributed by atoms with Crippen molar-refractivity contribution in [3.05, 3.63) is 52.4 Å². The maximum Gasteiger partial charge on any atom is 0.418 e. The van der Waals surface area contributed by atoms with E-state index < -0.39 is 11.7 Å². The summed E-state index contributed by atoms with van der Waals surface area (Å²) in [4.78, 5) is 0. The Balaban J connectivity index is 2.17. The molecule has 0 atom stereocenters. The summed E-state index contributed by atoms with van der Waals surface area (Å²) in [7, 11) is 0. The van der Waals surface area contributed by atoms with E-state index in [-0.39, 0.29) is 12.2 Å². The molecule has 6 heteroatoms. The van der Waals surface area contributed by atoms with Gasteiger partial charge in [-0.2, -0.15) is 13.2 Å². The van der Waals surface area contributed by atoms with Gasteiger partial charge in [0.1, 0.15) is 5.76 Å². The van der Waals surface area contributed by atoms with Crippen molar-refractivity contribution in [3.63, 3.8) is 0 Å². The fourth-order valence-corrected chi connectivity index (χ4v) is 1.85. The number of hydrogen-bond donors (Lipinski definition) is 1. The monoisotopic (exact) mass is 319 g/mol. The van der Waals surface area contributed by atoms with Gasteiger partial charge in [-0.3, -0.25) is 0 Å². The standard InChI is InChI=1S/C12H9BrF3NO/c13-9-5-6-18-11(9)7-17-10-4-2-1-3-8(10)12(14,15)16/h1-6,17H,7H2. The largest absolute Gasteiger partial charge is 0.466 e. The van der Waals surface area contributed by atoms with Crippen molar-refractivity contribution in [1.29, 1.82) is 0 Å². The van der Waals surface area contributed by atoms with Crippen LogP contribution in [0.1, 0.15) is 11.3 Å². The molecule has 0 aliphatic carbocycles. The molecule has 2 nitrogen and oxygen atoms in total. The minimum absolute atomic E-state index is 0.0355. The molecule has 1 aromatic heterocycles. The Kier molecular flexibility index (Phi) is 3.65. The van der Waals surface area contributed by atoms with Crippen LogP contribution in [0, 0.1) is 0 Å². The normalized spacial score (nSPS) is 11.6. The second-order valence-corrected chi connectivity index (χ2v) is 4.44. The topological polar surface area (TPSA) is 25.2 Å². The molecule has 96 valence electrons. The van der Waals surface area contributed by atoms with Gasteiger partial charge in [0.25, 0.3) is 0 Å². The number of alkyl halides is 3. The summed E-state index contributed by atoms with van der Waals surface area (Å²) in [5.74, 6) is 0.548. The fraction of sp³-hybridized carbons (Fsp3) is 0.167. The minimum Gasteiger partial charge on any atom is -0.466 e. The predicted octanol–water partition coefficient (Wildman–Crippen LogP) is 4.67. The molecular weight excluding hydrogens is 311 g/mol. The first-order valence-corrected chi connectivity index (χ1v) is 5.90. The highest BCUT2D eigenvalue weighted by molar-refractivity contribution is 9.10. The van der Waals surface area contributed by atoms with Gasteiger partial charge in [0, 0.05) is 5.69 Å². The highest BCUT2D eigenvalue weighted by Gasteiger charge is 2.33. The van der Waals surface area contributed by atoms with E-state index in [2.05, 4.69) is 21.2 Å². The Labute approximate surface area is 110 Å². The maximum atomic E-state index is 12.7. The molecule has 2 rings (SSSR count). The van der Waals surface area contributed by atoms with Crippen molar-refractivity contribution in [2.75, 3.05) is 5.32 Å². The highest BCUT2D eigenvalue weighted by Crippen LogP contribution is 2.34. The first kappa shape index (κ1) is 13.0. The lowest BCUT2D eigenvalue weighted by atomic mass is 10.1. The molecule has 0 unspecified atom stereocenters. The molecular formula is C12H9BrF3NO. The van der Waals surface area contributed by atoms with Gasteiger partial charge < -0.3 is 9.73 Å². The third-order valence-corrected chi connectivity index (χ3v) is 3.07. The molecule has 1 aromatic carbocycles. The first-order chi connectivity index (χ1) is 8.48. The van der Waals surface area contributed by atoms with Gasteiger partial charge in [-0.15, -0.1) is 0 Å². The Bertz CT molecular complexity index is 536. The number of furan rings is 1. The number of para-hydroxylation sites is 1. The van der Waals surface area contributed by atoms with Crippen molar-refractivity contribution in [2.24, 2.45) is 0 Å². The lowest BCUT2D eigenvalue weighted by Gasteiger charge is -2.13. The number of rotatable bonds is 3. The molecule has 1 heterocycles. The molecule has 1 N–H and O–H groups in total. The number of nitrogens with one attached hydrogen (secondary N) is 1. The van der Waals surface area contributed by atoms with Gasteiger partial charge in [-0.05, 0) is 34.1 Å². The fourth-order valence-electron chi connectivity index (χ4n) is 1.51. The van der Waals surface area contributed by atoms with Gasteiger partial charge in [-0.25, -0.2) is 0 Å². The van der Waals surface area contributed by atoms with Crippen molar-refractivity contribution in [1.82, 2.24) is 0 Å². The van der Waals surface area contributed by atoms with E-state index in [1.807, 2.05) is 0 Å². The van der Waals surface area contributed by atoms with Crippen LogP contribution in [0.3, 0.4) is 0 Å². The second-order valence-electron chi connectivity index (χ2n) is 3.59. The van der Waals surface area contributed by atoms with Crippen molar-refractivity contribution in [3.8, 4) is 0 Å². The third-order valence-electron chi connectivity index (χ3n) is 2.36. The van der Waals surface area contributed by atoms with E-state index in [4.69, 9.17) is 4.42 Å². The number of halogens is 4.